The van der Waals surface area contributed by atoms with Gasteiger partial charge in [-0.15, -0.1) is 0 Å². The summed E-state index contributed by atoms with van der Waals surface area (Å²) in [5.74, 6) is 0.125. The Bertz CT molecular complexity index is 219. The molecule has 1 aliphatic rings. The fourth-order valence-corrected chi connectivity index (χ4v) is 1.74. The van der Waals surface area contributed by atoms with Crippen LogP contribution in [-0.4, -0.2) is 40.6 Å². The molecule has 1 aliphatic heterocycles. The van der Waals surface area contributed by atoms with Crippen molar-refractivity contribution >= 4 is 5.91 Å². The van der Waals surface area contributed by atoms with Crippen LogP contribution in [0.1, 0.15) is 39.5 Å². The second kappa shape index (κ2) is 4.94. The Morgan fingerprint density at radius 2 is 2.07 bits per heavy atom. The van der Waals surface area contributed by atoms with E-state index in [1.807, 2.05) is 18.7 Å². The van der Waals surface area contributed by atoms with Gasteiger partial charge in [0.15, 0.2) is 0 Å². The standard InChI is InChI=1S/C11H22N2O2/c1-3-9(12)8-10(14)13-6-4-11(2,15)5-7-13/h9,15H,3-8,12H2,1-2H3. The number of rotatable bonds is 3. The maximum atomic E-state index is 11.7. The zero-order chi connectivity index (χ0) is 11.5. The van der Waals surface area contributed by atoms with Crippen molar-refractivity contribution in [2.45, 2.75) is 51.2 Å². The van der Waals surface area contributed by atoms with E-state index in [0.717, 1.165) is 6.42 Å². The second-order valence-electron chi connectivity index (χ2n) is 4.75. The summed E-state index contributed by atoms with van der Waals surface area (Å²) in [7, 11) is 0. The van der Waals surface area contributed by atoms with Gasteiger partial charge in [0.2, 0.25) is 5.91 Å². The first-order chi connectivity index (χ1) is 6.94. The molecule has 1 heterocycles. The lowest BCUT2D eigenvalue weighted by Gasteiger charge is -2.36. The van der Waals surface area contributed by atoms with E-state index in [-0.39, 0.29) is 11.9 Å². The molecule has 1 fully saturated rings. The van der Waals surface area contributed by atoms with Crippen molar-refractivity contribution in [3.05, 3.63) is 0 Å². The van der Waals surface area contributed by atoms with E-state index in [1.54, 1.807) is 0 Å². The maximum Gasteiger partial charge on any atom is 0.224 e. The van der Waals surface area contributed by atoms with E-state index in [1.165, 1.54) is 0 Å². The molecule has 88 valence electrons. The first-order valence-corrected chi connectivity index (χ1v) is 5.70. The lowest BCUT2D eigenvalue weighted by molar-refractivity contribution is -0.135. The van der Waals surface area contributed by atoms with Gasteiger partial charge in [-0.3, -0.25) is 4.79 Å². The van der Waals surface area contributed by atoms with Gasteiger partial charge in [0, 0.05) is 25.6 Å². The summed E-state index contributed by atoms with van der Waals surface area (Å²) >= 11 is 0. The number of hydrogen-bond donors (Lipinski definition) is 2. The molecule has 1 atom stereocenters. The van der Waals surface area contributed by atoms with Crippen molar-refractivity contribution < 1.29 is 9.90 Å². The number of hydrogen-bond acceptors (Lipinski definition) is 3. The molecule has 1 saturated heterocycles. The molecule has 4 heteroatoms. The van der Waals surface area contributed by atoms with E-state index in [0.29, 0.717) is 32.4 Å². The van der Waals surface area contributed by atoms with Crippen LogP contribution in [0.2, 0.25) is 0 Å². The molecule has 3 N–H and O–H groups in total. The van der Waals surface area contributed by atoms with E-state index in [2.05, 4.69) is 0 Å². The predicted octanol–water partition coefficient (Wildman–Crippen LogP) is 0.487. The van der Waals surface area contributed by atoms with Crippen molar-refractivity contribution in [2.24, 2.45) is 5.73 Å². The number of piperidine rings is 1. The van der Waals surface area contributed by atoms with Crippen LogP contribution in [0.4, 0.5) is 0 Å². The van der Waals surface area contributed by atoms with Crippen molar-refractivity contribution in [1.29, 1.82) is 0 Å². The summed E-state index contributed by atoms with van der Waals surface area (Å²) in [6.07, 6.45) is 2.59. The van der Waals surface area contributed by atoms with Crippen LogP contribution >= 0.6 is 0 Å². The molecule has 0 radical (unpaired) electrons. The van der Waals surface area contributed by atoms with E-state index < -0.39 is 5.60 Å². The van der Waals surface area contributed by atoms with Gasteiger partial charge in [0.05, 0.1) is 5.60 Å². The number of carbonyl (C=O) groups is 1. The van der Waals surface area contributed by atoms with Gasteiger partial charge in [0.1, 0.15) is 0 Å². The smallest absolute Gasteiger partial charge is 0.224 e. The first-order valence-electron chi connectivity index (χ1n) is 5.70. The molecule has 0 saturated carbocycles. The number of nitrogens with zero attached hydrogens (tertiary/aromatic N) is 1. The largest absolute Gasteiger partial charge is 0.390 e. The highest BCUT2D eigenvalue weighted by Crippen LogP contribution is 2.21. The molecule has 0 spiro atoms. The molecule has 4 nitrogen and oxygen atoms in total. The van der Waals surface area contributed by atoms with Gasteiger partial charge in [-0.2, -0.15) is 0 Å². The normalized spacial score (nSPS) is 22.5. The predicted molar refractivity (Wildman–Crippen MR) is 59.3 cm³/mol. The number of carbonyl (C=O) groups excluding carboxylic acids is 1. The summed E-state index contributed by atoms with van der Waals surface area (Å²) in [4.78, 5) is 13.6. The molecule has 0 aromatic heterocycles. The van der Waals surface area contributed by atoms with E-state index >= 15 is 0 Å². The molecule has 0 bridgehead atoms. The summed E-state index contributed by atoms with van der Waals surface area (Å²) < 4.78 is 0. The highest BCUT2D eigenvalue weighted by molar-refractivity contribution is 5.76. The molecular formula is C11H22N2O2. The molecule has 0 aromatic carbocycles. The highest BCUT2D eigenvalue weighted by Gasteiger charge is 2.29. The van der Waals surface area contributed by atoms with Crippen molar-refractivity contribution in [3.63, 3.8) is 0 Å². The number of nitrogens with two attached hydrogens (primary N) is 1. The molecule has 1 amide bonds. The molecular weight excluding hydrogens is 192 g/mol. The van der Waals surface area contributed by atoms with Crippen LogP contribution in [0.25, 0.3) is 0 Å². The fourth-order valence-electron chi connectivity index (χ4n) is 1.74. The minimum atomic E-state index is -0.594. The van der Waals surface area contributed by atoms with Gasteiger partial charge in [0.25, 0.3) is 0 Å². The van der Waals surface area contributed by atoms with Crippen LogP contribution < -0.4 is 5.73 Å². The number of amides is 1. The minimum Gasteiger partial charge on any atom is -0.390 e. The van der Waals surface area contributed by atoms with Crippen molar-refractivity contribution in [3.8, 4) is 0 Å². The Morgan fingerprint density at radius 1 is 1.53 bits per heavy atom. The van der Waals surface area contributed by atoms with Crippen LogP contribution in [0.3, 0.4) is 0 Å². The van der Waals surface area contributed by atoms with Gasteiger partial charge in [-0.1, -0.05) is 6.92 Å². The Hall–Kier alpha value is -0.610. The molecule has 0 aromatic rings. The number of likely N-dealkylation sites (tertiary alicyclic amines) is 1. The van der Waals surface area contributed by atoms with Crippen LogP contribution in [-0.2, 0) is 4.79 Å². The molecule has 1 unspecified atom stereocenters. The zero-order valence-corrected chi connectivity index (χ0v) is 9.70. The second-order valence-corrected chi connectivity index (χ2v) is 4.75. The van der Waals surface area contributed by atoms with E-state index in [4.69, 9.17) is 5.73 Å². The van der Waals surface area contributed by atoms with Crippen LogP contribution in [0, 0.1) is 0 Å². The minimum absolute atomic E-state index is 0.0278. The SMILES string of the molecule is CCC(N)CC(=O)N1CCC(C)(O)CC1. The Morgan fingerprint density at radius 3 is 2.53 bits per heavy atom. The molecule has 0 aliphatic carbocycles. The topological polar surface area (TPSA) is 66.6 Å². The monoisotopic (exact) mass is 214 g/mol. The quantitative estimate of drug-likeness (QED) is 0.718. The average molecular weight is 214 g/mol. The van der Waals surface area contributed by atoms with Gasteiger partial charge >= 0.3 is 0 Å². The third kappa shape index (κ3) is 3.80. The van der Waals surface area contributed by atoms with Crippen LogP contribution in [0.5, 0.6) is 0 Å². The van der Waals surface area contributed by atoms with Gasteiger partial charge in [-0.25, -0.2) is 0 Å². The van der Waals surface area contributed by atoms with Gasteiger partial charge in [-0.05, 0) is 26.2 Å². The summed E-state index contributed by atoms with van der Waals surface area (Å²) in [5.41, 5.74) is 5.14. The Kier molecular flexibility index (Phi) is 4.11. The first kappa shape index (κ1) is 12.5. The lowest BCUT2D eigenvalue weighted by Crippen LogP contribution is -2.46. The van der Waals surface area contributed by atoms with Crippen LogP contribution in [0.15, 0.2) is 0 Å². The molecule has 1 rings (SSSR count). The molecule has 15 heavy (non-hydrogen) atoms. The Balaban J connectivity index is 2.36. The third-order valence-corrected chi connectivity index (χ3v) is 3.15. The summed E-state index contributed by atoms with van der Waals surface area (Å²) in [6.45, 7) is 5.12. The van der Waals surface area contributed by atoms with Gasteiger partial charge < -0.3 is 15.7 Å². The summed E-state index contributed by atoms with van der Waals surface area (Å²) in [6, 6.07) is -0.0278. The lowest BCUT2D eigenvalue weighted by atomic mass is 9.93. The average Bonchev–Trinajstić information content (AvgIpc) is 2.17. The third-order valence-electron chi connectivity index (χ3n) is 3.15. The number of aliphatic hydroxyl groups is 1. The highest BCUT2D eigenvalue weighted by atomic mass is 16.3. The van der Waals surface area contributed by atoms with Crippen molar-refractivity contribution in [2.75, 3.05) is 13.1 Å². The zero-order valence-electron chi connectivity index (χ0n) is 9.70. The van der Waals surface area contributed by atoms with E-state index in [9.17, 15) is 9.90 Å². The summed E-state index contributed by atoms with van der Waals surface area (Å²) in [5, 5.41) is 9.74. The Labute approximate surface area is 91.4 Å². The van der Waals surface area contributed by atoms with Crippen molar-refractivity contribution in [1.82, 2.24) is 4.90 Å². The maximum absolute atomic E-state index is 11.7. The fraction of sp³-hybridized carbons (Fsp3) is 0.909.